The zero-order chi connectivity index (χ0) is 24.6. The first kappa shape index (κ1) is 24.1. The van der Waals surface area contributed by atoms with E-state index in [1.165, 1.54) is 0 Å². The van der Waals surface area contributed by atoms with E-state index in [1.54, 1.807) is 6.26 Å². The largest absolute Gasteiger partial charge is 0.482 e. The fourth-order valence-corrected chi connectivity index (χ4v) is 4.34. The predicted molar refractivity (Wildman–Crippen MR) is 137 cm³/mol. The van der Waals surface area contributed by atoms with Gasteiger partial charge in [-0.15, -0.1) is 0 Å². The Kier molecular flexibility index (Phi) is 7.93. The van der Waals surface area contributed by atoms with Gasteiger partial charge in [-0.25, -0.2) is 0 Å². The minimum absolute atomic E-state index is 0.398. The van der Waals surface area contributed by atoms with E-state index in [0.717, 1.165) is 16.7 Å². The molecule has 1 aliphatic rings. The topological polar surface area (TPSA) is 50.1 Å². The smallest absolute Gasteiger partial charge is 0.184 e. The molecule has 5 rings (SSSR count). The highest BCUT2D eigenvalue weighted by Gasteiger charge is 2.47. The molecule has 1 saturated heterocycles. The maximum atomic E-state index is 6.54. The lowest BCUT2D eigenvalue weighted by atomic mass is 9.95. The molecule has 1 aromatic heterocycles. The lowest BCUT2D eigenvalue weighted by Crippen LogP contribution is -2.51. The van der Waals surface area contributed by atoms with Crippen molar-refractivity contribution in [3.63, 3.8) is 0 Å². The summed E-state index contributed by atoms with van der Waals surface area (Å²) in [7, 11) is 0. The number of hydrogen-bond donors (Lipinski definition) is 0. The van der Waals surface area contributed by atoms with Crippen LogP contribution in [0.15, 0.2) is 126 Å². The highest BCUT2D eigenvalue weighted by Crippen LogP contribution is 2.39. The number of furan rings is 1. The number of hydrogen-bond acceptors (Lipinski definition) is 5. The van der Waals surface area contributed by atoms with Crippen molar-refractivity contribution >= 4 is 0 Å². The average Bonchev–Trinajstić information content (AvgIpc) is 3.47. The molecule has 0 unspecified atom stereocenters. The molecule has 0 radical (unpaired) electrons. The maximum absolute atomic E-state index is 6.54. The molecule has 184 valence electrons. The second-order valence-corrected chi connectivity index (χ2v) is 8.76. The summed E-state index contributed by atoms with van der Waals surface area (Å²) in [6.45, 7) is 5.40. The van der Waals surface area contributed by atoms with E-state index in [2.05, 4.69) is 6.58 Å². The molecule has 4 aromatic rings. The second-order valence-electron chi connectivity index (χ2n) is 8.76. The van der Waals surface area contributed by atoms with E-state index in [1.807, 2.05) is 103 Å². The van der Waals surface area contributed by atoms with Crippen LogP contribution in [0.5, 0.6) is 0 Å². The van der Waals surface area contributed by atoms with Gasteiger partial charge in [0.1, 0.15) is 29.8 Å². The number of ether oxygens (including phenoxy) is 4. The Labute approximate surface area is 211 Å². The van der Waals surface area contributed by atoms with Gasteiger partial charge in [0.2, 0.25) is 0 Å². The Balaban J connectivity index is 1.43. The first-order valence-electron chi connectivity index (χ1n) is 12.1. The van der Waals surface area contributed by atoms with Gasteiger partial charge in [0.15, 0.2) is 6.10 Å². The molecule has 5 heteroatoms. The third-order valence-electron chi connectivity index (χ3n) is 6.18. The lowest BCUT2D eigenvalue weighted by Gasteiger charge is -2.42. The maximum Gasteiger partial charge on any atom is 0.184 e. The fraction of sp³-hybridized carbons (Fsp3) is 0.226. The molecule has 0 spiro atoms. The summed E-state index contributed by atoms with van der Waals surface area (Å²) in [6, 6.07) is 33.9. The van der Waals surface area contributed by atoms with Crippen LogP contribution in [0.25, 0.3) is 0 Å². The summed E-state index contributed by atoms with van der Waals surface area (Å²) < 4.78 is 31.4. The monoisotopic (exact) mass is 482 g/mol. The Morgan fingerprint density at radius 3 is 1.58 bits per heavy atom. The number of benzene rings is 3. The van der Waals surface area contributed by atoms with Gasteiger partial charge in [0.05, 0.1) is 26.1 Å². The summed E-state index contributed by atoms with van der Waals surface area (Å²) in [5, 5.41) is 0. The summed E-state index contributed by atoms with van der Waals surface area (Å²) in [6.07, 6.45) is -0.386. The van der Waals surface area contributed by atoms with Crippen LogP contribution in [0.2, 0.25) is 0 Å². The van der Waals surface area contributed by atoms with Crippen molar-refractivity contribution in [2.75, 3.05) is 0 Å². The van der Waals surface area contributed by atoms with Crippen molar-refractivity contribution in [2.24, 2.45) is 0 Å². The van der Waals surface area contributed by atoms with E-state index >= 15 is 0 Å². The van der Waals surface area contributed by atoms with Gasteiger partial charge in [-0.3, -0.25) is 0 Å². The third-order valence-corrected chi connectivity index (χ3v) is 6.18. The van der Waals surface area contributed by atoms with Crippen LogP contribution in [0.3, 0.4) is 0 Å². The minimum Gasteiger partial charge on any atom is -0.482 e. The van der Waals surface area contributed by atoms with E-state index in [4.69, 9.17) is 23.4 Å². The standard InChI is InChI=1S/C31H30O5/c1-23-28(33-20-24-12-5-2-6-13-24)30(34-21-25-14-7-3-8-15-25)31(29(36-23)27-18-11-19-32-27)35-22-26-16-9-4-10-17-26/h2-19,28-31H,1,20-22H2/t28-,29+,30+,31+/m1/s1. The van der Waals surface area contributed by atoms with Crippen LogP contribution >= 0.6 is 0 Å². The molecule has 4 atom stereocenters. The lowest BCUT2D eigenvalue weighted by molar-refractivity contribution is -0.219. The molecule has 0 aliphatic carbocycles. The van der Waals surface area contributed by atoms with Crippen molar-refractivity contribution in [2.45, 2.75) is 44.2 Å². The first-order chi connectivity index (χ1) is 17.8. The van der Waals surface area contributed by atoms with E-state index in [0.29, 0.717) is 31.3 Å². The van der Waals surface area contributed by atoms with E-state index in [-0.39, 0.29) is 0 Å². The average molecular weight is 483 g/mol. The minimum atomic E-state index is -0.527. The quantitative estimate of drug-likeness (QED) is 0.254. The molecule has 2 heterocycles. The highest BCUT2D eigenvalue weighted by molar-refractivity contribution is 5.19. The van der Waals surface area contributed by atoms with E-state index in [9.17, 15) is 0 Å². The molecule has 1 fully saturated rings. The molecule has 0 N–H and O–H groups in total. The van der Waals surface area contributed by atoms with Gasteiger partial charge in [-0.2, -0.15) is 0 Å². The zero-order valence-corrected chi connectivity index (χ0v) is 20.1. The Bertz CT molecular complexity index is 1190. The zero-order valence-electron chi connectivity index (χ0n) is 20.1. The summed E-state index contributed by atoms with van der Waals surface area (Å²) in [5.74, 6) is 1.15. The molecular formula is C31H30O5. The highest BCUT2D eigenvalue weighted by atomic mass is 16.6. The fourth-order valence-electron chi connectivity index (χ4n) is 4.34. The van der Waals surface area contributed by atoms with Crippen LogP contribution in [-0.2, 0) is 38.8 Å². The summed E-state index contributed by atoms with van der Waals surface area (Å²) >= 11 is 0. The van der Waals surface area contributed by atoms with Crippen molar-refractivity contribution in [1.82, 2.24) is 0 Å². The SMILES string of the molecule is C=C1O[C@@H](c2ccco2)[C@H](OCc2ccccc2)[C@@H](OCc2ccccc2)[C@@H]1OCc1ccccc1. The van der Waals surface area contributed by atoms with Crippen LogP contribution in [0.1, 0.15) is 28.6 Å². The van der Waals surface area contributed by atoms with Crippen molar-refractivity contribution < 1.29 is 23.4 Å². The van der Waals surface area contributed by atoms with Gasteiger partial charge >= 0.3 is 0 Å². The molecule has 1 aliphatic heterocycles. The molecular weight excluding hydrogens is 452 g/mol. The van der Waals surface area contributed by atoms with Gasteiger partial charge in [0, 0.05) is 0 Å². The Morgan fingerprint density at radius 2 is 1.08 bits per heavy atom. The first-order valence-corrected chi connectivity index (χ1v) is 12.1. The molecule has 3 aromatic carbocycles. The van der Waals surface area contributed by atoms with Crippen LogP contribution < -0.4 is 0 Å². The van der Waals surface area contributed by atoms with Gasteiger partial charge in [0.25, 0.3) is 0 Å². The molecule has 0 saturated carbocycles. The van der Waals surface area contributed by atoms with Crippen LogP contribution in [-0.4, -0.2) is 18.3 Å². The number of rotatable bonds is 10. The van der Waals surface area contributed by atoms with Crippen LogP contribution in [0.4, 0.5) is 0 Å². The Morgan fingerprint density at radius 1 is 0.583 bits per heavy atom. The predicted octanol–water partition coefficient (Wildman–Crippen LogP) is 6.62. The van der Waals surface area contributed by atoms with Crippen molar-refractivity contribution in [1.29, 1.82) is 0 Å². The van der Waals surface area contributed by atoms with Gasteiger partial charge in [-0.1, -0.05) is 97.6 Å². The molecule has 0 bridgehead atoms. The van der Waals surface area contributed by atoms with Gasteiger partial charge < -0.3 is 23.4 Å². The third kappa shape index (κ3) is 5.94. The molecule has 0 amide bonds. The Hall–Kier alpha value is -3.64. The van der Waals surface area contributed by atoms with Crippen LogP contribution in [0, 0.1) is 0 Å². The van der Waals surface area contributed by atoms with Crippen molar-refractivity contribution in [3.05, 3.63) is 144 Å². The van der Waals surface area contributed by atoms with Crippen molar-refractivity contribution in [3.8, 4) is 0 Å². The molecule has 5 nitrogen and oxygen atoms in total. The van der Waals surface area contributed by atoms with E-state index < -0.39 is 24.4 Å². The second kappa shape index (κ2) is 11.9. The normalized spacial score (nSPS) is 21.7. The van der Waals surface area contributed by atoms with Gasteiger partial charge in [-0.05, 0) is 28.8 Å². The molecule has 36 heavy (non-hydrogen) atoms. The summed E-state index contributed by atoms with van der Waals surface area (Å²) in [4.78, 5) is 0. The summed E-state index contributed by atoms with van der Waals surface area (Å²) in [5.41, 5.74) is 3.18.